The molecule has 0 nitrogen and oxygen atoms in total. The quantitative estimate of drug-likeness (QED) is 0.135. The zero-order valence-electron chi connectivity index (χ0n) is 49.7. The maximum Gasteiger partial charge on any atom is -0.00196 e. The van der Waals surface area contributed by atoms with E-state index >= 15 is 0 Å². The SMILES string of the molecule is CC1=CC=CCC1.CC1=CCC(C)C=C1c1ccccc1C.Cc1ccc(-c2ccc(Cc3ccc(Cc4ccc(-c5ccccc5)cc4)c(-c4ccccc4C)c3)cc2)cc1.Cc1ccc(-c2ccccc2)cc1.Cc1ccccc1. The zero-order chi connectivity index (χ0) is 57.5. The lowest BCUT2D eigenvalue weighted by atomic mass is 9.87. The minimum Gasteiger partial charge on any atom is -0.0842 e. The Balaban J connectivity index is 0.000000168. The Morgan fingerprint density at radius 1 is 0.366 bits per heavy atom. The minimum atomic E-state index is 0.670. The lowest BCUT2D eigenvalue weighted by molar-refractivity contribution is 0.734. The van der Waals surface area contributed by atoms with E-state index < -0.39 is 0 Å². The van der Waals surface area contributed by atoms with E-state index in [0.717, 1.165) is 12.8 Å². The molecule has 2 aliphatic carbocycles. The summed E-state index contributed by atoms with van der Waals surface area (Å²) in [5.74, 6) is 0.670. The molecule has 0 bridgehead atoms. The summed E-state index contributed by atoms with van der Waals surface area (Å²) in [6.07, 6.45) is 16.8. The molecular formula is C82H82. The highest BCUT2D eigenvalue weighted by molar-refractivity contribution is 5.81. The van der Waals surface area contributed by atoms with Crippen LogP contribution in [-0.4, -0.2) is 0 Å². The van der Waals surface area contributed by atoms with Crippen molar-refractivity contribution in [2.75, 3.05) is 0 Å². The molecule has 82 heavy (non-hydrogen) atoms. The number of hydrogen-bond acceptors (Lipinski definition) is 0. The Morgan fingerprint density at radius 3 is 1.22 bits per heavy atom. The van der Waals surface area contributed by atoms with E-state index in [9.17, 15) is 0 Å². The van der Waals surface area contributed by atoms with Crippen molar-refractivity contribution in [3.05, 3.63) is 352 Å². The van der Waals surface area contributed by atoms with Gasteiger partial charge in [0.15, 0.2) is 0 Å². The number of hydrogen-bond donors (Lipinski definition) is 0. The van der Waals surface area contributed by atoms with Crippen molar-refractivity contribution < 1.29 is 0 Å². The maximum atomic E-state index is 2.41. The Hall–Kier alpha value is -8.84. The number of aryl methyl sites for hydroxylation is 5. The van der Waals surface area contributed by atoms with E-state index in [4.69, 9.17) is 0 Å². The Labute approximate surface area is 492 Å². The smallest absolute Gasteiger partial charge is 0.00196 e. The molecule has 0 spiro atoms. The average molecular weight is 1070 g/mol. The molecule has 0 N–H and O–H groups in total. The van der Waals surface area contributed by atoms with Crippen LogP contribution in [0.2, 0.25) is 0 Å². The fourth-order valence-electron chi connectivity index (χ4n) is 10.2. The molecule has 0 heteroatoms. The first-order chi connectivity index (χ1) is 39.9. The van der Waals surface area contributed by atoms with Crippen molar-refractivity contribution in [1.82, 2.24) is 0 Å². The summed E-state index contributed by atoms with van der Waals surface area (Å²) in [6.45, 7) is 17.4. The van der Waals surface area contributed by atoms with Crippen LogP contribution in [0.1, 0.15) is 95.7 Å². The molecule has 12 rings (SSSR count). The van der Waals surface area contributed by atoms with E-state index in [-0.39, 0.29) is 0 Å². The van der Waals surface area contributed by atoms with E-state index in [1.165, 1.54) is 136 Å². The van der Waals surface area contributed by atoms with Gasteiger partial charge in [0.05, 0.1) is 0 Å². The molecule has 10 aromatic carbocycles. The summed E-state index contributed by atoms with van der Waals surface area (Å²) >= 11 is 0. The van der Waals surface area contributed by atoms with E-state index in [1.54, 1.807) is 0 Å². The molecule has 0 saturated carbocycles. The third kappa shape index (κ3) is 18.1. The van der Waals surface area contributed by atoms with Gasteiger partial charge in [0, 0.05) is 0 Å². The van der Waals surface area contributed by atoms with Crippen LogP contribution < -0.4 is 0 Å². The first-order valence-electron chi connectivity index (χ1n) is 29.3. The lowest BCUT2D eigenvalue weighted by Crippen LogP contribution is -2.00. The molecule has 2 aliphatic rings. The van der Waals surface area contributed by atoms with Crippen LogP contribution in [0.5, 0.6) is 0 Å². The van der Waals surface area contributed by atoms with Crippen LogP contribution in [0, 0.1) is 40.5 Å². The second-order valence-electron chi connectivity index (χ2n) is 22.1. The molecule has 0 fully saturated rings. The number of benzene rings is 10. The lowest BCUT2D eigenvalue weighted by Gasteiger charge is -2.18. The predicted octanol–water partition coefficient (Wildman–Crippen LogP) is 22.8. The van der Waals surface area contributed by atoms with Gasteiger partial charge in [-0.3, -0.25) is 0 Å². The van der Waals surface area contributed by atoms with Gasteiger partial charge in [-0.25, -0.2) is 0 Å². The second-order valence-corrected chi connectivity index (χ2v) is 22.1. The van der Waals surface area contributed by atoms with Gasteiger partial charge >= 0.3 is 0 Å². The fraction of sp³-hybridized carbons (Fsp3) is 0.171. The first kappa shape index (κ1) is 59.3. The Kier molecular flexibility index (Phi) is 22.2. The van der Waals surface area contributed by atoms with Crippen molar-refractivity contribution in [2.45, 2.75) is 87.5 Å². The molecule has 0 aliphatic heterocycles. The third-order valence-electron chi connectivity index (χ3n) is 15.2. The second kappa shape index (κ2) is 30.7. The monoisotopic (exact) mass is 1070 g/mol. The molecule has 1 atom stereocenters. The normalized spacial score (nSPS) is 13.1. The van der Waals surface area contributed by atoms with Gasteiger partial charge in [0.1, 0.15) is 0 Å². The summed E-state index contributed by atoms with van der Waals surface area (Å²) in [5, 5.41) is 0. The molecular weight excluding hydrogens is 985 g/mol. The molecule has 1 unspecified atom stereocenters. The van der Waals surface area contributed by atoms with Crippen LogP contribution in [0.3, 0.4) is 0 Å². The highest BCUT2D eigenvalue weighted by Crippen LogP contribution is 2.34. The van der Waals surface area contributed by atoms with Crippen molar-refractivity contribution >= 4 is 5.57 Å². The Morgan fingerprint density at radius 2 is 0.780 bits per heavy atom. The number of allylic oxidation sites excluding steroid dienone is 8. The highest BCUT2D eigenvalue weighted by Gasteiger charge is 2.14. The van der Waals surface area contributed by atoms with Crippen molar-refractivity contribution in [3.8, 4) is 44.5 Å². The van der Waals surface area contributed by atoms with Crippen LogP contribution >= 0.6 is 0 Å². The van der Waals surface area contributed by atoms with Gasteiger partial charge in [0.2, 0.25) is 0 Å². The van der Waals surface area contributed by atoms with Crippen molar-refractivity contribution in [1.29, 1.82) is 0 Å². The van der Waals surface area contributed by atoms with E-state index in [1.807, 2.05) is 24.3 Å². The van der Waals surface area contributed by atoms with Gasteiger partial charge in [0.25, 0.3) is 0 Å². The predicted molar refractivity (Wildman–Crippen MR) is 357 cm³/mol. The molecule has 0 saturated heterocycles. The zero-order valence-corrected chi connectivity index (χ0v) is 49.7. The average Bonchev–Trinajstić information content (AvgIpc) is 3.71. The summed E-state index contributed by atoms with van der Waals surface area (Å²) in [6, 6.07) is 91.1. The molecule has 0 aromatic heterocycles. The van der Waals surface area contributed by atoms with Gasteiger partial charge in [-0.15, -0.1) is 0 Å². The summed E-state index contributed by atoms with van der Waals surface area (Å²) in [7, 11) is 0. The summed E-state index contributed by atoms with van der Waals surface area (Å²) < 4.78 is 0. The molecule has 0 radical (unpaired) electrons. The number of rotatable bonds is 9. The van der Waals surface area contributed by atoms with Gasteiger partial charge in [-0.05, 0) is 181 Å². The first-order valence-corrected chi connectivity index (χ1v) is 29.3. The third-order valence-corrected chi connectivity index (χ3v) is 15.2. The van der Waals surface area contributed by atoms with E-state index in [0.29, 0.717) is 5.92 Å². The van der Waals surface area contributed by atoms with Gasteiger partial charge < -0.3 is 0 Å². The summed E-state index contributed by atoms with van der Waals surface area (Å²) in [5.41, 5.74) is 27.9. The molecule has 0 amide bonds. The van der Waals surface area contributed by atoms with Crippen LogP contribution in [0.25, 0.3) is 50.1 Å². The molecule has 0 heterocycles. The largest absolute Gasteiger partial charge is 0.0842 e. The van der Waals surface area contributed by atoms with Crippen LogP contribution in [0.4, 0.5) is 0 Å². The van der Waals surface area contributed by atoms with Crippen LogP contribution in [-0.2, 0) is 12.8 Å². The highest BCUT2D eigenvalue weighted by atomic mass is 14.2. The standard InChI is InChI=1S/C40H34.C15H18.C13H12.C7H10.C7H8/c1-29-12-19-35(20-13-29)37-21-14-31(15-22-37)26-33-18-25-38(40(28-33)39-11-7-6-8-30(39)2)27-32-16-23-36(24-17-32)34-9-4-3-5-10-34;1-11-8-9-13(3)15(10-11)14-7-5-4-6-12(14)2;1-11-7-9-13(10-8-11)12-5-3-2-4-6-12;2*1-7-5-3-2-4-6-7/h3-25,28H,26-27H2,1-2H3;4-7,9-11H,8H2,1-3H3;2-10H,1H3;2-3,5H,4,6H2,1H3;2-6H,1H3. The van der Waals surface area contributed by atoms with Crippen LogP contribution in [0.15, 0.2) is 296 Å². The van der Waals surface area contributed by atoms with Crippen molar-refractivity contribution in [3.63, 3.8) is 0 Å². The topological polar surface area (TPSA) is 0 Å². The van der Waals surface area contributed by atoms with Gasteiger partial charge in [-0.1, -0.05) is 314 Å². The van der Waals surface area contributed by atoms with Crippen molar-refractivity contribution in [2.24, 2.45) is 5.92 Å². The minimum absolute atomic E-state index is 0.670. The Bertz CT molecular complexity index is 3660. The maximum absolute atomic E-state index is 2.41. The molecule has 10 aromatic rings. The molecule has 410 valence electrons. The van der Waals surface area contributed by atoms with Gasteiger partial charge in [-0.2, -0.15) is 0 Å². The fourth-order valence-corrected chi connectivity index (χ4v) is 10.2. The van der Waals surface area contributed by atoms with E-state index in [2.05, 4.69) is 316 Å². The summed E-state index contributed by atoms with van der Waals surface area (Å²) in [4.78, 5) is 0.